The summed E-state index contributed by atoms with van der Waals surface area (Å²) in [6.45, 7) is 8.41. The summed E-state index contributed by atoms with van der Waals surface area (Å²) in [6, 6.07) is 12.4. The number of methoxy groups -OCH3 is 1. The third-order valence-electron chi connectivity index (χ3n) is 4.98. The second-order valence-corrected chi connectivity index (χ2v) is 11.1. The number of ether oxygens (including phenoxy) is 1. The van der Waals surface area contributed by atoms with E-state index in [1.165, 1.54) is 5.56 Å². The molecule has 0 N–H and O–H groups in total. The Morgan fingerprint density at radius 2 is 1.78 bits per heavy atom. The largest absolute Gasteiger partial charge is 0.496 e. The van der Waals surface area contributed by atoms with Crippen molar-refractivity contribution in [2.45, 2.75) is 39.3 Å². The summed E-state index contributed by atoms with van der Waals surface area (Å²) in [5.41, 5.74) is 4.57. The molecule has 0 saturated carbocycles. The van der Waals surface area contributed by atoms with Crippen LogP contribution < -0.4 is 10.0 Å². The normalized spacial score (nSPS) is 20.4. The molecular weight excluding hydrogens is 303 g/mol. The predicted molar refractivity (Wildman–Crippen MR) is 98.7 cm³/mol. The fraction of sp³-hybridized carbons (Fsp3) is 0.400. The van der Waals surface area contributed by atoms with Gasteiger partial charge in [-0.25, -0.2) is 0 Å². The van der Waals surface area contributed by atoms with Crippen LogP contribution in [-0.2, 0) is 11.0 Å². The molecule has 0 spiro atoms. The highest BCUT2D eigenvalue weighted by molar-refractivity contribution is 7.73. The standard InChI is InChI=1S/C20H25O2P/c1-14-8-6-11-17(22-5)18(14)16-10-7-9-15-12-13-23(21,19(15)16)20(2,3)4/h6-11H,12-13H2,1-5H3. The number of hydrogen-bond donors (Lipinski definition) is 0. The van der Waals surface area contributed by atoms with Crippen molar-refractivity contribution in [2.24, 2.45) is 0 Å². The Hall–Kier alpha value is -1.53. The first-order valence-corrected chi connectivity index (χ1v) is 10.0. The van der Waals surface area contributed by atoms with Gasteiger partial charge in [0.05, 0.1) is 7.11 Å². The molecule has 1 aliphatic heterocycles. The SMILES string of the molecule is COc1cccc(C)c1-c1cccc2c1P(=O)(C(C)(C)C)CC2. The summed E-state index contributed by atoms with van der Waals surface area (Å²) in [7, 11) is -0.753. The maximum Gasteiger partial charge on any atom is 0.126 e. The zero-order valence-corrected chi connectivity index (χ0v) is 15.5. The van der Waals surface area contributed by atoms with Gasteiger partial charge in [0.15, 0.2) is 0 Å². The van der Waals surface area contributed by atoms with E-state index in [9.17, 15) is 4.57 Å². The van der Waals surface area contributed by atoms with Crippen LogP contribution in [0.25, 0.3) is 11.1 Å². The maximum atomic E-state index is 13.9. The summed E-state index contributed by atoms with van der Waals surface area (Å²) in [4.78, 5) is 0. The minimum atomic E-state index is -2.45. The van der Waals surface area contributed by atoms with Crippen LogP contribution in [0, 0.1) is 6.92 Å². The van der Waals surface area contributed by atoms with E-state index < -0.39 is 7.14 Å². The van der Waals surface area contributed by atoms with Crippen molar-refractivity contribution in [1.82, 2.24) is 0 Å². The lowest BCUT2D eigenvalue weighted by Gasteiger charge is -2.30. The predicted octanol–water partition coefficient (Wildman–Crippen LogP) is 5.01. The minimum absolute atomic E-state index is 0.218. The van der Waals surface area contributed by atoms with Crippen molar-refractivity contribution in [3.63, 3.8) is 0 Å². The van der Waals surface area contributed by atoms with Gasteiger partial charge in [-0.2, -0.15) is 0 Å². The van der Waals surface area contributed by atoms with E-state index in [-0.39, 0.29) is 5.16 Å². The van der Waals surface area contributed by atoms with Crippen molar-refractivity contribution in [3.05, 3.63) is 47.5 Å². The Labute approximate surface area is 139 Å². The number of rotatable bonds is 2. The molecule has 0 aliphatic carbocycles. The second-order valence-electron chi connectivity index (χ2n) is 7.35. The van der Waals surface area contributed by atoms with Crippen molar-refractivity contribution < 1.29 is 9.30 Å². The molecule has 0 bridgehead atoms. The Balaban J connectivity index is 2.35. The monoisotopic (exact) mass is 328 g/mol. The molecular formula is C20H25O2P. The van der Waals surface area contributed by atoms with Crippen LogP contribution in [0.15, 0.2) is 36.4 Å². The third kappa shape index (κ3) is 2.44. The molecule has 0 saturated heterocycles. The van der Waals surface area contributed by atoms with Crippen molar-refractivity contribution in [2.75, 3.05) is 13.3 Å². The summed E-state index contributed by atoms with van der Waals surface area (Å²) in [5.74, 6) is 0.853. The third-order valence-corrected chi connectivity index (χ3v) is 9.26. The molecule has 0 amide bonds. The Morgan fingerprint density at radius 1 is 1.09 bits per heavy atom. The first kappa shape index (κ1) is 16.3. The van der Waals surface area contributed by atoms with Gasteiger partial charge >= 0.3 is 0 Å². The van der Waals surface area contributed by atoms with Crippen molar-refractivity contribution >= 4 is 12.4 Å². The summed E-state index contributed by atoms with van der Waals surface area (Å²) < 4.78 is 19.5. The van der Waals surface area contributed by atoms with Crippen LogP contribution >= 0.6 is 7.14 Å². The lowest BCUT2D eigenvalue weighted by Crippen LogP contribution is -2.24. The smallest absolute Gasteiger partial charge is 0.126 e. The molecule has 3 rings (SSSR count). The maximum absolute atomic E-state index is 13.9. The summed E-state index contributed by atoms with van der Waals surface area (Å²) >= 11 is 0. The van der Waals surface area contributed by atoms with Crippen LogP contribution in [-0.4, -0.2) is 18.4 Å². The number of aryl methyl sites for hydroxylation is 2. The number of hydrogen-bond acceptors (Lipinski definition) is 2. The average molecular weight is 328 g/mol. The fourth-order valence-electron chi connectivity index (χ4n) is 3.64. The van der Waals surface area contributed by atoms with Crippen LogP contribution in [0.3, 0.4) is 0 Å². The van der Waals surface area contributed by atoms with E-state index in [1.807, 2.05) is 12.1 Å². The molecule has 1 atom stereocenters. The van der Waals surface area contributed by atoms with E-state index in [4.69, 9.17) is 4.74 Å². The van der Waals surface area contributed by atoms with Gasteiger partial charge < -0.3 is 9.30 Å². The molecule has 3 heteroatoms. The van der Waals surface area contributed by atoms with E-state index >= 15 is 0 Å². The van der Waals surface area contributed by atoms with Gasteiger partial charge in [-0.3, -0.25) is 0 Å². The first-order valence-electron chi connectivity index (χ1n) is 8.15. The summed E-state index contributed by atoms with van der Waals surface area (Å²) in [6.07, 6.45) is 1.68. The molecule has 23 heavy (non-hydrogen) atoms. The average Bonchev–Trinajstić information content (AvgIpc) is 2.86. The topological polar surface area (TPSA) is 26.3 Å². The Bertz CT molecular complexity index is 800. The fourth-order valence-corrected chi connectivity index (χ4v) is 6.98. The molecule has 0 aromatic heterocycles. The van der Waals surface area contributed by atoms with E-state index in [2.05, 4.69) is 52.0 Å². The minimum Gasteiger partial charge on any atom is -0.496 e. The molecule has 0 fully saturated rings. The highest BCUT2D eigenvalue weighted by Crippen LogP contribution is 2.62. The molecule has 0 radical (unpaired) electrons. The molecule has 1 aliphatic rings. The van der Waals surface area contributed by atoms with Gasteiger partial charge in [-0.1, -0.05) is 51.1 Å². The molecule has 1 unspecified atom stereocenters. The lowest BCUT2D eigenvalue weighted by atomic mass is 9.97. The first-order chi connectivity index (χ1) is 10.8. The van der Waals surface area contributed by atoms with Gasteiger partial charge in [0.2, 0.25) is 0 Å². The molecule has 122 valence electrons. The Morgan fingerprint density at radius 3 is 2.43 bits per heavy atom. The molecule has 2 aromatic carbocycles. The highest BCUT2D eigenvalue weighted by atomic mass is 31.2. The number of fused-ring (bicyclic) bond motifs is 1. The zero-order chi connectivity index (χ0) is 16.8. The quantitative estimate of drug-likeness (QED) is 0.724. The van der Waals surface area contributed by atoms with Crippen LogP contribution in [0.2, 0.25) is 0 Å². The summed E-state index contributed by atoms with van der Waals surface area (Å²) in [5, 5.41) is 0.865. The van der Waals surface area contributed by atoms with Crippen LogP contribution in [0.4, 0.5) is 0 Å². The van der Waals surface area contributed by atoms with Crippen molar-refractivity contribution in [3.8, 4) is 16.9 Å². The molecule has 2 nitrogen and oxygen atoms in total. The van der Waals surface area contributed by atoms with Crippen LogP contribution in [0.5, 0.6) is 5.75 Å². The molecule has 2 aromatic rings. The van der Waals surface area contributed by atoms with Gasteiger partial charge in [0.1, 0.15) is 12.9 Å². The van der Waals surface area contributed by atoms with Gasteiger partial charge in [-0.05, 0) is 36.1 Å². The van der Waals surface area contributed by atoms with Gasteiger partial charge in [0, 0.05) is 22.2 Å². The highest BCUT2D eigenvalue weighted by Gasteiger charge is 2.44. The van der Waals surface area contributed by atoms with E-state index in [0.717, 1.165) is 40.3 Å². The zero-order valence-electron chi connectivity index (χ0n) is 14.6. The van der Waals surface area contributed by atoms with E-state index in [1.54, 1.807) is 7.11 Å². The number of benzene rings is 2. The van der Waals surface area contributed by atoms with Crippen molar-refractivity contribution in [1.29, 1.82) is 0 Å². The Kier molecular flexibility index (Phi) is 3.92. The molecule has 1 heterocycles. The lowest BCUT2D eigenvalue weighted by molar-refractivity contribution is 0.416. The second kappa shape index (κ2) is 5.53. The van der Waals surface area contributed by atoms with E-state index in [0.29, 0.717) is 0 Å². The van der Waals surface area contributed by atoms with Gasteiger partial charge in [-0.15, -0.1) is 0 Å². The van der Waals surface area contributed by atoms with Gasteiger partial charge in [0.25, 0.3) is 0 Å². The van der Waals surface area contributed by atoms with Crippen LogP contribution in [0.1, 0.15) is 31.9 Å².